The Labute approximate surface area is 80.8 Å². The van der Waals surface area contributed by atoms with E-state index in [4.69, 9.17) is 10.5 Å². The minimum Gasteiger partial charge on any atom is -0.378 e. The largest absolute Gasteiger partial charge is 0.378 e. The van der Waals surface area contributed by atoms with Crippen LogP contribution >= 0.6 is 0 Å². The van der Waals surface area contributed by atoms with Crippen LogP contribution in [0.4, 0.5) is 0 Å². The zero-order valence-electron chi connectivity index (χ0n) is 8.59. The standard InChI is InChI=1S/C11H21NO/c1-2-9-7-11(9,12)8-10-5-3-4-6-13-10/h9-10H,2-8,12H2,1H3. The summed E-state index contributed by atoms with van der Waals surface area (Å²) in [7, 11) is 0. The lowest BCUT2D eigenvalue weighted by Gasteiger charge is -2.25. The number of rotatable bonds is 3. The highest BCUT2D eigenvalue weighted by Crippen LogP contribution is 2.47. The van der Waals surface area contributed by atoms with Crippen molar-refractivity contribution in [3.05, 3.63) is 0 Å². The maximum Gasteiger partial charge on any atom is 0.0592 e. The lowest BCUT2D eigenvalue weighted by molar-refractivity contribution is 0.00467. The molecule has 2 heteroatoms. The molecule has 1 heterocycles. The number of hydrogen-bond donors (Lipinski definition) is 1. The smallest absolute Gasteiger partial charge is 0.0592 e. The fourth-order valence-electron chi connectivity index (χ4n) is 2.59. The Hall–Kier alpha value is -0.0800. The van der Waals surface area contributed by atoms with Gasteiger partial charge in [-0.25, -0.2) is 0 Å². The molecule has 2 rings (SSSR count). The first kappa shape index (κ1) is 9.47. The summed E-state index contributed by atoms with van der Waals surface area (Å²) >= 11 is 0. The summed E-state index contributed by atoms with van der Waals surface area (Å²) in [6, 6.07) is 0. The highest BCUT2D eigenvalue weighted by atomic mass is 16.5. The fraction of sp³-hybridized carbons (Fsp3) is 1.00. The van der Waals surface area contributed by atoms with Crippen LogP contribution in [-0.4, -0.2) is 18.2 Å². The molecule has 3 atom stereocenters. The van der Waals surface area contributed by atoms with Crippen LogP contribution in [0.1, 0.15) is 45.4 Å². The van der Waals surface area contributed by atoms with Crippen LogP contribution < -0.4 is 5.73 Å². The van der Waals surface area contributed by atoms with Crippen molar-refractivity contribution in [3.63, 3.8) is 0 Å². The van der Waals surface area contributed by atoms with Crippen LogP contribution in [0.15, 0.2) is 0 Å². The molecule has 0 radical (unpaired) electrons. The second kappa shape index (κ2) is 3.58. The summed E-state index contributed by atoms with van der Waals surface area (Å²) in [5.41, 5.74) is 6.40. The number of hydrogen-bond acceptors (Lipinski definition) is 2. The average Bonchev–Trinajstić information content (AvgIpc) is 2.78. The molecular weight excluding hydrogens is 162 g/mol. The van der Waals surface area contributed by atoms with Crippen LogP contribution in [-0.2, 0) is 4.74 Å². The van der Waals surface area contributed by atoms with Gasteiger partial charge in [0.1, 0.15) is 0 Å². The summed E-state index contributed by atoms with van der Waals surface area (Å²) < 4.78 is 5.71. The van der Waals surface area contributed by atoms with E-state index < -0.39 is 0 Å². The number of nitrogens with two attached hydrogens (primary N) is 1. The Kier molecular flexibility index (Phi) is 2.61. The summed E-state index contributed by atoms with van der Waals surface area (Å²) in [5.74, 6) is 0.776. The molecule has 0 aromatic carbocycles. The van der Waals surface area contributed by atoms with Crippen LogP contribution in [0.3, 0.4) is 0 Å². The summed E-state index contributed by atoms with van der Waals surface area (Å²) in [4.78, 5) is 0. The Morgan fingerprint density at radius 1 is 1.46 bits per heavy atom. The third-order valence-electron chi connectivity index (χ3n) is 3.65. The van der Waals surface area contributed by atoms with Crippen LogP contribution in [0, 0.1) is 5.92 Å². The topological polar surface area (TPSA) is 35.2 Å². The first-order chi connectivity index (χ1) is 6.24. The van der Waals surface area contributed by atoms with E-state index in [0.717, 1.165) is 18.9 Å². The van der Waals surface area contributed by atoms with E-state index in [9.17, 15) is 0 Å². The predicted molar refractivity (Wildman–Crippen MR) is 53.5 cm³/mol. The molecule has 3 unspecified atom stereocenters. The van der Waals surface area contributed by atoms with Gasteiger partial charge in [-0.3, -0.25) is 0 Å². The lowest BCUT2D eigenvalue weighted by Crippen LogP contribution is -2.33. The van der Waals surface area contributed by atoms with Gasteiger partial charge in [0, 0.05) is 12.1 Å². The molecular formula is C11H21NO. The quantitative estimate of drug-likeness (QED) is 0.727. The highest BCUT2D eigenvalue weighted by molar-refractivity contribution is 5.08. The van der Waals surface area contributed by atoms with Gasteiger partial charge in [0.25, 0.3) is 0 Å². The van der Waals surface area contributed by atoms with Gasteiger partial charge in [-0.2, -0.15) is 0 Å². The molecule has 0 aromatic rings. The van der Waals surface area contributed by atoms with Gasteiger partial charge in [0.15, 0.2) is 0 Å². The van der Waals surface area contributed by atoms with Crippen molar-refractivity contribution >= 4 is 0 Å². The molecule has 1 aliphatic carbocycles. The maximum atomic E-state index is 6.25. The van der Waals surface area contributed by atoms with Crippen molar-refractivity contribution in [2.24, 2.45) is 11.7 Å². The van der Waals surface area contributed by atoms with E-state index in [0.29, 0.717) is 6.10 Å². The third-order valence-corrected chi connectivity index (χ3v) is 3.65. The molecule has 2 N–H and O–H groups in total. The number of ether oxygens (including phenoxy) is 1. The molecule has 13 heavy (non-hydrogen) atoms. The van der Waals surface area contributed by atoms with Gasteiger partial charge in [-0.05, 0) is 38.0 Å². The zero-order valence-corrected chi connectivity index (χ0v) is 8.59. The summed E-state index contributed by atoms with van der Waals surface area (Å²) in [6.07, 6.45) is 7.84. The molecule has 76 valence electrons. The van der Waals surface area contributed by atoms with Crippen LogP contribution in [0.5, 0.6) is 0 Å². The van der Waals surface area contributed by atoms with Gasteiger partial charge in [-0.1, -0.05) is 13.3 Å². The minimum atomic E-state index is 0.150. The Morgan fingerprint density at radius 3 is 2.85 bits per heavy atom. The van der Waals surface area contributed by atoms with Crippen LogP contribution in [0.2, 0.25) is 0 Å². The van der Waals surface area contributed by atoms with Crippen molar-refractivity contribution < 1.29 is 4.74 Å². The van der Waals surface area contributed by atoms with Crippen LogP contribution in [0.25, 0.3) is 0 Å². The minimum absolute atomic E-state index is 0.150. The third kappa shape index (κ3) is 2.05. The van der Waals surface area contributed by atoms with E-state index in [2.05, 4.69) is 6.92 Å². The SMILES string of the molecule is CCC1CC1(N)CC1CCCCO1. The molecule has 1 saturated heterocycles. The molecule has 1 saturated carbocycles. The van der Waals surface area contributed by atoms with E-state index in [1.165, 1.54) is 32.1 Å². The molecule has 2 nitrogen and oxygen atoms in total. The molecule has 0 spiro atoms. The van der Waals surface area contributed by atoms with Gasteiger partial charge >= 0.3 is 0 Å². The van der Waals surface area contributed by atoms with E-state index in [1.54, 1.807) is 0 Å². The molecule has 0 amide bonds. The van der Waals surface area contributed by atoms with Gasteiger partial charge < -0.3 is 10.5 Å². The fourth-order valence-corrected chi connectivity index (χ4v) is 2.59. The second-order valence-electron chi connectivity index (χ2n) is 4.74. The summed E-state index contributed by atoms with van der Waals surface area (Å²) in [5, 5.41) is 0. The van der Waals surface area contributed by atoms with E-state index >= 15 is 0 Å². The molecule has 1 aliphatic heterocycles. The van der Waals surface area contributed by atoms with Gasteiger partial charge in [0.05, 0.1) is 6.10 Å². The van der Waals surface area contributed by atoms with Gasteiger partial charge in [0.2, 0.25) is 0 Å². The predicted octanol–water partition coefficient (Wildman–Crippen LogP) is 2.07. The Morgan fingerprint density at radius 2 is 2.31 bits per heavy atom. The molecule has 0 aromatic heterocycles. The molecule has 0 bridgehead atoms. The average molecular weight is 183 g/mol. The highest BCUT2D eigenvalue weighted by Gasteiger charge is 2.50. The van der Waals surface area contributed by atoms with E-state index in [1.807, 2.05) is 0 Å². The Bertz CT molecular complexity index is 177. The Balaban J connectivity index is 1.77. The van der Waals surface area contributed by atoms with Crippen molar-refractivity contribution in [2.45, 2.75) is 57.1 Å². The monoisotopic (exact) mass is 183 g/mol. The van der Waals surface area contributed by atoms with Crippen molar-refractivity contribution in [1.29, 1.82) is 0 Å². The summed E-state index contributed by atoms with van der Waals surface area (Å²) in [6.45, 7) is 3.19. The van der Waals surface area contributed by atoms with Crippen molar-refractivity contribution in [3.8, 4) is 0 Å². The normalized spacial score (nSPS) is 44.8. The maximum absolute atomic E-state index is 6.25. The van der Waals surface area contributed by atoms with Crippen molar-refractivity contribution in [2.75, 3.05) is 6.61 Å². The lowest BCUT2D eigenvalue weighted by atomic mass is 9.99. The first-order valence-corrected chi connectivity index (χ1v) is 5.65. The molecule has 2 aliphatic rings. The molecule has 2 fully saturated rings. The van der Waals surface area contributed by atoms with E-state index in [-0.39, 0.29) is 5.54 Å². The first-order valence-electron chi connectivity index (χ1n) is 5.65. The van der Waals surface area contributed by atoms with Crippen molar-refractivity contribution in [1.82, 2.24) is 0 Å². The van der Waals surface area contributed by atoms with Gasteiger partial charge in [-0.15, -0.1) is 0 Å². The zero-order chi connectivity index (χ0) is 9.31. The second-order valence-corrected chi connectivity index (χ2v) is 4.74.